The van der Waals surface area contributed by atoms with E-state index >= 15 is 0 Å². The first-order chi connectivity index (χ1) is 15.1. The maximum Gasteiger partial charge on any atom is 0.258 e. The van der Waals surface area contributed by atoms with Crippen molar-refractivity contribution in [3.05, 3.63) is 82.9 Å². The molecule has 0 radical (unpaired) electrons. The number of aromatic amines is 1. The van der Waals surface area contributed by atoms with Crippen molar-refractivity contribution in [1.82, 2.24) is 14.9 Å². The third kappa shape index (κ3) is 4.98. The smallest absolute Gasteiger partial charge is 0.258 e. The van der Waals surface area contributed by atoms with E-state index in [-0.39, 0.29) is 18.0 Å². The molecule has 6 heteroatoms. The molecule has 0 fully saturated rings. The Labute approximate surface area is 180 Å². The molecule has 3 aromatic carbocycles. The van der Waals surface area contributed by atoms with Crippen LogP contribution in [0.25, 0.3) is 21.7 Å². The SMILES string of the molecule is CCCCN(CC(=O)Nc1cccc2ccccc12)Cc1nc2ccccc2c(=O)[nH]1. The van der Waals surface area contributed by atoms with Gasteiger partial charge in [-0.2, -0.15) is 0 Å². The summed E-state index contributed by atoms with van der Waals surface area (Å²) >= 11 is 0. The number of carbonyl (C=O) groups is 1. The monoisotopic (exact) mass is 414 g/mol. The summed E-state index contributed by atoms with van der Waals surface area (Å²) in [5.41, 5.74) is 1.31. The number of hydrogen-bond donors (Lipinski definition) is 2. The minimum atomic E-state index is -0.156. The Bertz CT molecular complexity index is 1260. The van der Waals surface area contributed by atoms with Gasteiger partial charge in [0, 0.05) is 11.1 Å². The van der Waals surface area contributed by atoms with Crippen molar-refractivity contribution in [3.8, 4) is 0 Å². The molecule has 1 heterocycles. The number of fused-ring (bicyclic) bond motifs is 2. The summed E-state index contributed by atoms with van der Waals surface area (Å²) in [5, 5.41) is 5.71. The number of amides is 1. The Balaban J connectivity index is 1.51. The van der Waals surface area contributed by atoms with E-state index in [0.29, 0.717) is 23.3 Å². The number of carbonyl (C=O) groups excluding carboxylic acids is 1. The number of unbranched alkanes of at least 4 members (excludes halogenated alkanes) is 1. The fraction of sp³-hybridized carbons (Fsp3) is 0.240. The lowest BCUT2D eigenvalue weighted by atomic mass is 10.1. The van der Waals surface area contributed by atoms with Crippen LogP contribution in [-0.4, -0.2) is 33.9 Å². The number of anilines is 1. The van der Waals surface area contributed by atoms with E-state index in [1.54, 1.807) is 6.07 Å². The molecule has 0 saturated heterocycles. The van der Waals surface area contributed by atoms with Gasteiger partial charge >= 0.3 is 0 Å². The second-order valence-electron chi connectivity index (χ2n) is 7.67. The van der Waals surface area contributed by atoms with E-state index in [9.17, 15) is 9.59 Å². The predicted molar refractivity (Wildman–Crippen MR) is 125 cm³/mol. The average molecular weight is 415 g/mol. The van der Waals surface area contributed by atoms with Gasteiger partial charge in [0.15, 0.2) is 0 Å². The molecular weight excluding hydrogens is 388 g/mol. The molecule has 1 amide bonds. The minimum absolute atomic E-state index is 0.0874. The average Bonchev–Trinajstić information content (AvgIpc) is 2.78. The highest BCUT2D eigenvalue weighted by atomic mass is 16.2. The highest BCUT2D eigenvalue weighted by Gasteiger charge is 2.14. The van der Waals surface area contributed by atoms with Crippen molar-refractivity contribution < 1.29 is 4.79 Å². The van der Waals surface area contributed by atoms with Crippen molar-refractivity contribution in [2.24, 2.45) is 0 Å². The summed E-state index contributed by atoms with van der Waals surface area (Å²) in [6, 6.07) is 21.1. The molecule has 4 rings (SSSR count). The van der Waals surface area contributed by atoms with Gasteiger partial charge in [0.2, 0.25) is 5.91 Å². The molecule has 0 bridgehead atoms. The zero-order chi connectivity index (χ0) is 21.6. The van der Waals surface area contributed by atoms with Crippen LogP contribution in [0.4, 0.5) is 5.69 Å². The van der Waals surface area contributed by atoms with Crippen LogP contribution in [0.2, 0.25) is 0 Å². The minimum Gasteiger partial charge on any atom is -0.324 e. The van der Waals surface area contributed by atoms with Crippen LogP contribution in [-0.2, 0) is 11.3 Å². The van der Waals surface area contributed by atoms with E-state index in [0.717, 1.165) is 35.8 Å². The van der Waals surface area contributed by atoms with Gasteiger partial charge in [-0.3, -0.25) is 14.5 Å². The number of H-pyrrole nitrogens is 1. The normalized spacial score (nSPS) is 11.3. The van der Waals surface area contributed by atoms with Gasteiger partial charge in [-0.1, -0.05) is 61.9 Å². The van der Waals surface area contributed by atoms with Crippen molar-refractivity contribution in [2.45, 2.75) is 26.3 Å². The molecule has 158 valence electrons. The first-order valence-electron chi connectivity index (χ1n) is 10.6. The summed E-state index contributed by atoms with van der Waals surface area (Å²) in [6.07, 6.45) is 1.97. The molecule has 0 saturated carbocycles. The topological polar surface area (TPSA) is 78.1 Å². The Morgan fingerprint density at radius 2 is 1.74 bits per heavy atom. The molecule has 4 aromatic rings. The third-order valence-electron chi connectivity index (χ3n) is 5.29. The first kappa shape index (κ1) is 20.8. The van der Waals surface area contributed by atoms with Crippen LogP contribution in [0.15, 0.2) is 71.5 Å². The number of rotatable bonds is 8. The third-order valence-corrected chi connectivity index (χ3v) is 5.29. The second-order valence-corrected chi connectivity index (χ2v) is 7.67. The van der Waals surface area contributed by atoms with Crippen LogP contribution in [0, 0.1) is 0 Å². The predicted octanol–water partition coefficient (Wildman–Crippen LogP) is 4.32. The molecule has 0 aliphatic carbocycles. The molecule has 0 atom stereocenters. The molecule has 1 aromatic heterocycles. The number of aromatic nitrogens is 2. The molecule has 0 spiro atoms. The zero-order valence-electron chi connectivity index (χ0n) is 17.6. The number of nitrogens with zero attached hydrogens (tertiary/aromatic N) is 2. The van der Waals surface area contributed by atoms with E-state index < -0.39 is 0 Å². The quantitative estimate of drug-likeness (QED) is 0.450. The largest absolute Gasteiger partial charge is 0.324 e. The lowest BCUT2D eigenvalue weighted by Gasteiger charge is -2.21. The van der Waals surface area contributed by atoms with Gasteiger partial charge in [0.1, 0.15) is 5.82 Å². The Morgan fingerprint density at radius 3 is 2.58 bits per heavy atom. The van der Waals surface area contributed by atoms with E-state index in [1.807, 2.05) is 65.6 Å². The van der Waals surface area contributed by atoms with E-state index in [1.165, 1.54) is 0 Å². The standard InChI is InChI=1S/C25H26N4O2/c1-2-3-15-29(16-23-26-22-13-7-6-12-20(22)25(31)28-23)17-24(30)27-21-14-8-10-18-9-4-5-11-19(18)21/h4-14H,2-3,15-17H2,1H3,(H,27,30)(H,26,28,31). The fourth-order valence-corrected chi connectivity index (χ4v) is 3.74. The van der Waals surface area contributed by atoms with Gasteiger partial charge in [0.05, 0.1) is 24.0 Å². The molecule has 6 nitrogen and oxygen atoms in total. The molecule has 0 aliphatic rings. The summed E-state index contributed by atoms with van der Waals surface area (Å²) in [7, 11) is 0. The molecule has 31 heavy (non-hydrogen) atoms. The van der Waals surface area contributed by atoms with Crippen LogP contribution in [0.5, 0.6) is 0 Å². The van der Waals surface area contributed by atoms with Crippen LogP contribution in [0.3, 0.4) is 0 Å². The number of hydrogen-bond acceptors (Lipinski definition) is 4. The highest BCUT2D eigenvalue weighted by Crippen LogP contribution is 2.23. The molecule has 0 aliphatic heterocycles. The van der Waals surface area contributed by atoms with Crippen molar-refractivity contribution >= 4 is 33.3 Å². The van der Waals surface area contributed by atoms with E-state index in [4.69, 9.17) is 0 Å². The Hall–Kier alpha value is -3.51. The maximum absolute atomic E-state index is 12.9. The number of benzene rings is 3. The van der Waals surface area contributed by atoms with Gasteiger partial charge < -0.3 is 10.3 Å². The van der Waals surface area contributed by atoms with Crippen molar-refractivity contribution in [2.75, 3.05) is 18.4 Å². The zero-order valence-corrected chi connectivity index (χ0v) is 17.6. The fourth-order valence-electron chi connectivity index (χ4n) is 3.74. The Kier molecular flexibility index (Phi) is 6.38. The van der Waals surface area contributed by atoms with Crippen LogP contribution in [0.1, 0.15) is 25.6 Å². The van der Waals surface area contributed by atoms with Crippen LogP contribution >= 0.6 is 0 Å². The summed E-state index contributed by atoms with van der Waals surface area (Å²) in [4.78, 5) is 34.7. The maximum atomic E-state index is 12.9. The van der Waals surface area contributed by atoms with Gasteiger partial charge in [0.25, 0.3) is 5.56 Å². The molecule has 2 N–H and O–H groups in total. The van der Waals surface area contributed by atoms with Crippen LogP contribution < -0.4 is 10.9 Å². The molecule has 0 unspecified atom stereocenters. The lowest BCUT2D eigenvalue weighted by molar-refractivity contribution is -0.117. The summed E-state index contributed by atoms with van der Waals surface area (Å²) < 4.78 is 0. The highest BCUT2D eigenvalue weighted by molar-refractivity contribution is 6.02. The van der Waals surface area contributed by atoms with Crippen molar-refractivity contribution in [3.63, 3.8) is 0 Å². The van der Waals surface area contributed by atoms with Crippen molar-refractivity contribution in [1.29, 1.82) is 0 Å². The Morgan fingerprint density at radius 1 is 1.00 bits per heavy atom. The van der Waals surface area contributed by atoms with Gasteiger partial charge in [-0.15, -0.1) is 0 Å². The number of para-hydroxylation sites is 1. The molecular formula is C25H26N4O2. The summed E-state index contributed by atoms with van der Waals surface area (Å²) in [6.45, 7) is 3.49. The number of nitrogens with one attached hydrogen (secondary N) is 2. The first-order valence-corrected chi connectivity index (χ1v) is 10.6. The van der Waals surface area contributed by atoms with Gasteiger partial charge in [-0.05, 0) is 36.6 Å². The lowest BCUT2D eigenvalue weighted by Crippen LogP contribution is -2.34. The van der Waals surface area contributed by atoms with E-state index in [2.05, 4.69) is 22.2 Å². The second kappa shape index (κ2) is 9.53. The van der Waals surface area contributed by atoms with Gasteiger partial charge in [-0.25, -0.2) is 4.98 Å². The summed E-state index contributed by atoms with van der Waals surface area (Å²) in [5.74, 6) is 0.480.